The molecular formula is C54H54Br2N8O6. The number of hydrogen-bond acceptors (Lipinski definition) is 8. The summed E-state index contributed by atoms with van der Waals surface area (Å²) in [6.45, 7) is 0. The van der Waals surface area contributed by atoms with E-state index in [0.29, 0.717) is 34.1 Å². The molecule has 70 heavy (non-hydrogen) atoms. The summed E-state index contributed by atoms with van der Waals surface area (Å²) in [7, 11) is 6.19. The standard InChI is InChI=1S/2C27H27BrN4O3/c2*1-34-23-16-13-20(17-24(23)35-2)26(30-31-29)25(28)27(33)32-21(18-9-5-3-6-10-18)14-15-22(32)19-11-7-4-8-12-19/h2*3-13,16-17,21-22,25-26H,14-15H2,1-2H3/t2*21-,22-,25+,26+/m00/s1. The lowest BCUT2D eigenvalue weighted by atomic mass is 10.0. The second-order valence-corrected chi connectivity index (χ2v) is 18.7. The van der Waals surface area contributed by atoms with Gasteiger partial charge >= 0.3 is 0 Å². The number of rotatable bonds is 16. The van der Waals surface area contributed by atoms with Crippen molar-refractivity contribution in [3.05, 3.63) is 212 Å². The molecule has 0 radical (unpaired) electrons. The van der Waals surface area contributed by atoms with Crippen LogP contribution in [0.15, 0.2) is 168 Å². The van der Waals surface area contributed by atoms with E-state index in [0.717, 1.165) is 47.9 Å². The van der Waals surface area contributed by atoms with Gasteiger partial charge in [-0.3, -0.25) is 9.59 Å². The van der Waals surface area contributed by atoms with E-state index >= 15 is 0 Å². The molecule has 2 heterocycles. The van der Waals surface area contributed by atoms with Crippen molar-refractivity contribution >= 4 is 43.7 Å². The van der Waals surface area contributed by atoms with E-state index in [1.807, 2.05) is 82.6 Å². The molecule has 0 N–H and O–H groups in total. The summed E-state index contributed by atoms with van der Waals surface area (Å²) in [6.07, 6.45) is 3.38. The fraction of sp³-hybridized carbons (Fsp3) is 0.296. The monoisotopic (exact) mass is 1070 g/mol. The fourth-order valence-electron chi connectivity index (χ4n) is 9.57. The summed E-state index contributed by atoms with van der Waals surface area (Å²) in [4.78, 5) is 36.7. The van der Waals surface area contributed by atoms with Gasteiger partial charge < -0.3 is 28.7 Å². The third-order valence-corrected chi connectivity index (χ3v) is 14.7. The van der Waals surface area contributed by atoms with Crippen molar-refractivity contribution in [3.63, 3.8) is 0 Å². The molecule has 16 heteroatoms. The maximum absolute atomic E-state index is 14.1. The van der Waals surface area contributed by atoms with Crippen LogP contribution in [0.1, 0.15) is 95.3 Å². The SMILES string of the molecule is COc1ccc([C@@H](N=[N+]=[N-])[C@@H](Br)C(=O)N2[C@H](c3ccccc3)CC[C@H]2c2ccccc2)cc1OC.COc1ccc([C@@H](N=[N+]=[N-])[C@@H](Br)C(=O)N2[C@H](c3ccccc3)CC[C@H]2c2ccccc2)cc1OC. The Labute approximate surface area is 425 Å². The Morgan fingerprint density at radius 1 is 0.471 bits per heavy atom. The molecule has 0 spiro atoms. The Bertz CT molecular complexity index is 2500. The van der Waals surface area contributed by atoms with Crippen LogP contribution in [0.4, 0.5) is 0 Å². The van der Waals surface area contributed by atoms with Crippen LogP contribution in [0.3, 0.4) is 0 Å². The van der Waals surface area contributed by atoms with Crippen LogP contribution in [0.2, 0.25) is 0 Å². The number of hydrogen-bond donors (Lipinski definition) is 0. The Balaban J connectivity index is 0.000000206. The number of carbonyl (C=O) groups is 2. The van der Waals surface area contributed by atoms with Crippen molar-refractivity contribution in [3.8, 4) is 23.0 Å². The second-order valence-electron chi connectivity index (χ2n) is 16.7. The quantitative estimate of drug-likeness (QED) is 0.0403. The second kappa shape index (κ2) is 24.5. The number of likely N-dealkylation sites (tertiary alicyclic amines) is 2. The molecule has 2 aliphatic heterocycles. The number of carbonyl (C=O) groups excluding carboxylic acids is 2. The Morgan fingerprint density at radius 2 is 0.743 bits per heavy atom. The molecule has 2 fully saturated rings. The van der Waals surface area contributed by atoms with Crippen molar-refractivity contribution in [1.29, 1.82) is 0 Å². The van der Waals surface area contributed by atoms with E-state index in [1.165, 1.54) is 0 Å². The summed E-state index contributed by atoms with van der Waals surface area (Å²) in [5.41, 5.74) is 24.3. The van der Waals surface area contributed by atoms with Crippen molar-refractivity contribution in [2.45, 2.75) is 71.6 Å². The molecule has 6 aromatic rings. The van der Waals surface area contributed by atoms with Gasteiger partial charge in [-0.2, -0.15) is 0 Å². The lowest BCUT2D eigenvalue weighted by Gasteiger charge is -2.34. The molecule has 360 valence electrons. The highest BCUT2D eigenvalue weighted by Gasteiger charge is 2.44. The minimum atomic E-state index is -0.777. The van der Waals surface area contributed by atoms with Crippen LogP contribution in [0, 0.1) is 0 Å². The first-order chi connectivity index (χ1) is 34.2. The molecule has 0 bridgehead atoms. The minimum Gasteiger partial charge on any atom is -0.493 e. The summed E-state index contributed by atoms with van der Waals surface area (Å²) in [6, 6.07) is 49.0. The lowest BCUT2D eigenvalue weighted by Crippen LogP contribution is -2.40. The molecule has 8 rings (SSSR count). The zero-order chi connectivity index (χ0) is 49.6. The van der Waals surface area contributed by atoms with Crippen LogP contribution in [-0.4, -0.2) is 59.7 Å². The number of nitrogens with zero attached hydrogens (tertiary/aromatic N) is 8. The van der Waals surface area contributed by atoms with Gasteiger partial charge in [-0.05, 0) is 94.4 Å². The lowest BCUT2D eigenvalue weighted by molar-refractivity contribution is -0.134. The summed E-state index contributed by atoms with van der Waals surface area (Å²) >= 11 is 7.22. The molecule has 0 unspecified atom stereocenters. The maximum atomic E-state index is 14.1. The Hall–Kier alpha value is -6.96. The predicted octanol–water partition coefficient (Wildman–Crippen LogP) is 13.8. The summed E-state index contributed by atoms with van der Waals surface area (Å²) in [5.74, 6) is 1.86. The number of amides is 2. The smallest absolute Gasteiger partial charge is 0.238 e. The van der Waals surface area contributed by atoms with Gasteiger partial charge in [0.25, 0.3) is 0 Å². The van der Waals surface area contributed by atoms with E-state index in [1.54, 1.807) is 64.8 Å². The average molecular weight is 1070 g/mol. The molecule has 0 saturated carbocycles. The number of halogens is 2. The largest absolute Gasteiger partial charge is 0.493 e. The summed E-state index contributed by atoms with van der Waals surface area (Å²) < 4.78 is 21.5. The normalized spacial score (nSPS) is 18.9. The molecule has 8 atom stereocenters. The summed E-state index contributed by atoms with van der Waals surface area (Å²) in [5, 5.41) is 8.01. The molecule has 2 amide bonds. The number of benzene rings is 6. The van der Waals surface area contributed by atoms with E-state index in [2.05, 4.69) is 100 Å². The number of ether oxygens (including phenoxy) is 4. The van der Waals surface area contributed by atoms with Crippen LogP contribution in [0.25, 0.3) is 20.9 Å². The van der Waals surface area contributed by atoms with Gasteiger partial charge in [0.15, 0.2) is 23.0 Å². The minimum absolute atomic E-state index is 0.0777. The van der Waals surface area contributed by atoms with E-state index in [4.69, 9.17) is 18.9 Å². The van der Waals surface area contributed by atoms with Gasteiger partial charge in [0.2, 0.25) is 11.8 Å². The molecule has 2 saturated heterocycles. The van der Waals surface area contributed by atoms with E-state index in [-0.39, 0.29) is 36.0 Å². The first-order valence-electron chi connectivity index (χ1n) is 22.8. The highest BCUT2D eigenvalue weighted by molar-refractivity contribution is 9.10. The van der Waals surface area contributed by atoms with Gasteiger partial charge in [0, 0.05) is 9.82 Å². The van der Waals surface area contributed by atoms with Crippen molar-refractivity contribution in [1.82, 2.24) is 9.80 Å². The number of azide groups is 2. The van der Waals surface area contributed by atoms with Gasteiger partial charge in [-0.15, -0.1) is 0 Å². The highest BCUT2D eigenvalue weighted by Crippen LogP contribution is 2.48. The van der Waals surface area contributed by atoms with Gasteiger partial charge in [0.05, 0.1) is 64.7 Å². The topological polar surface area (TPSA) is 175 Å². The van der Waals surface area contributed by atoms with Crippen LogP contribution >= 0.6 is 31.9 Å². The Morgan fingerprint density at radius 3 is 0.986 bits per heavy atom. The third-order valence-electron chi connectivity index (χ3n) is 12.9. The van der Waals surface area contributed by atoms with Crippen molar-refractivity contribution in [2.75, 3.05) is 28.4 Å². The molecule has 0 aromatic heterocycles. The van der Waals surface area contributed by atoms with Crippen molar-refractivity contribution < 1.29 is 28.5 Å². The first-order valence-corrected chi connectivity index (χ1v) is 24.6. The van der Waals surface area contributed by atoms with Crippen molar-refractivity contribution in [2.24, 2.45) is 10.2 Å². The van der Waals surface area contributed by atoms with Crippen LogP contribution in [0.5, 0.6) is 23.0 Å². The molecule has 2 aliphatic rings. The van der Waals surface area contributed by atoms with E-state index < -0.39 is 21.7 Å². The first kappa shape index (κ1) is 50.9. The highest BCUT2D eigenvalue weighted by atomic mass is 79.9. The molecule has 0 aliphatic carbocycles. The predicted molar refractivity (Wildman–Crippen MR) is 277 cm³/mol. The molecule has 14 nitrogen and oxygen atoms in total. The Kier molecular flexibility index (Phi) is 17.9. The average Bonchev–Trinajstić information content (AvgIpc) is 4.08. The maximum Gasteiger partial charge on any atom is 0.238 e. The van der Waals surface area contributed by atoms with Gasteiger partial charge in [-0.1, -0.05) is 176 Å². The zero-order valence-corrected chi connectivity index (χ0v) is 42.4. The third kappa shape index (κ3) is 11.4. The van der Waals surface area contributed by atoms with Crippen LogP contribution in [-0.2, 0) is 9.59 Å². The number of methoxy groups -OCH3 is 4. The molecule has 6 aromatic carbocycles. The zero-order valence-electron chi connectivity index (χ0n) is 39.2. The molecular weight excluding hydrogens is 1020 g/mol. The van der Waals surface area contributed by atoms with Gasteiger partial charge in [0.1, 0.15) is 9.65 Å². The number of alkyl halides is 2. The van der Waals surface area contributed by atoms with Crippen LogP contribution < -0.4 is 18.9 Å². The van der Waals surface area contributed by atoms with E-state index in [9.17, 15) is 20.7 Å². The fourth-order valence-corrected chi connectivity index (χ4v) is 10.9. The van der Waals surface area contributed by atoms with Gasteiger partial charge in [-0.25, -0.2) is 0 Å².